The van der Waals surface area contributed by atoms with Crippen LogP contribution in [0.2, 0.25) is 20.1 Å². The van der Waals surface area contributed by atoms with Gasteiger partial charge in [0.15, 0.2) is 0 Å². The summed E-state index contributed by atoms with van der Waals surface area (Å²) in [4.78, 5) is 33.8. The van der Waals surface area contributed by atoms with E-state index in [4.69, 9.17) is 46.4 Å². The molecule has 1 aromatic heterocycles. The minimum Gasteiger partial charge on any atom is -0.322 e. The Kier molecular flexibility index (Phi) is 5.71. The lowest BCUT2D eigenvalue weighted by atomic mass is 10.3. The lowest BCUT2D eigenvalue weighted by Gasteiger charge is -2.12. The molecule has 0 fully saturated rings. The Morgan fingerprint density at radius 1 is 1.17 bits per heavy atom. The van der Waals surface area contributed by atoms with Gasteiger partial charge in [0.2, 0.25) is 5.91 Å². The number of nitro groups is 1. The fraction of sp³-hybridized carbons (Fsp3) is 0.0769. The first-order valence-electron chi connectivity index (χ1n) is 6.18. The number of nitrogens with zero attached hydrogens (tertiary/aromatic N) is 2. The Balaban J connectivity index is 2.29. The van der Waals surface area contributed by atoms with E-state index in [0.717, 1.165) is 22.9 Å². The third-order valence-electron chi connectivity index (χ3n) is 2.87. The number of pyridine rings is 1. The van der Waals surface area contributed by atoms with Gasteiger partial charge in [-0.25, -0.2) is 0 Å². The van der Waals surface area contributed by atoms with Gasteiger partial charge in [0, 0.05) is 12.1 Å². The molecule has 1 amide bonds. The molecule has 0 radical (unpaired) electrons. The Morgan fingerprint density at radius 2 is 1.75 bits per heavy atom. The Bertz CT molecular complexity index is 871. The van der Waals surface area contributed by atoms with Crippen molar-refractivity contribution in [2.45, 2.75) is 6.54 Å². The van der Waals surface area contributed by atoms with Crippen LogP contribution in [0.3, 0.4) is 0 Å². The monoisotopic (exact) mass is 409 g/mol. The van der Waals surface area contributed by atoms with Crippen LogP contribution >= 0.6 is 46.4 Å². The third kappa shape index (κ3) is 3.99. The predicted molar refractivity (Wildman–Crippen MR) is 92.5 cm³/mol. The second kappa shape index (κ2) is 7.40. The Labute approximate surface area is 154 Å². The van der Waals surface area contributed by atoms with E-state index in [1.165, 1.54) is 6.07 Å². The van der Waals surface area contributed by atoms with Crippen LogP contribution in [0.1, 0.15) is 0 Å². The maximum atomic E-state index is 12.1. The Hall–Kier alpha value is -1.80. The molecule has 0 aliphatic heterocycles. The maximum absolute atomic E-state index is 12.1. The number of hydrogen-bond acceptors (Lipinski definition) is 4. The molecule has 0 unspecified atom stereocenters. The summed E-state index contributed by atoms with van der Waals surface area (Å²) in [5.41, 5.74) is -0.930. The minimum absolute atomic E-state index is 0.0145. The topological polar surface area (TPSA) is 94.2 Å². The standard InChI is InChI=1S/C13H7Cl4N3O4/c14-7-3-8(15)12(17)13(11(7)16)18-9(21)5-19-4-6(20(23)24)1-2-10(19)22/h1-4H,5H2,(H,18,21). The van der Waals surface area contributed by atoms with Crippen molar-refractivity contribution in [2.24, 2.45) is 0 Å². The normalized spacial score (nSPS) is 10.5. The number of anilines is 1. The number of halogens is 4. The first-order valence-corrected chi connectivity index (χ1v) is 7.69. The van der Waals surface area contributed by atoms with E-state index in [1.54, 1.807) is 0 Å². The van der Waals surface area contributed by atoms with Crippen molar-refractivity contribution in [3.05, 3.63) is 65.0 Å². The first-order chi connectivity index (χ1) is 11.2. The molecule has 1 aromatic carbocycles. The fourth-order valence-corrected chi connectivity index (χ4v) is 2.67. The van der Waals surface area contributed by atoms with E-state index in [9.17, 15) is 19.7 Å². The fourth-order valence-electron chi connectivity index (χ4n) is 1.77. The van der Waals surface area contributed by atoms with Crippen LogP contribution in [0.5, 0.6) is 0 Å². The average molecular weight is 411 g/mol. The van der Waals surface area contributed by atoms with E-state index in [0.29, 0.717) is 0 Å². The number of hydrogen-bond donors (Lipinski definition) is 1. The largest absolute Gasteiger partial charge is 0.322 e. The number of amides is 1. The molecular weight excluding hydrogens is 404 g/mol. The number of benzene rings is 1. The molecule has 0 bridgehead atoms. The van der Waals surface area contributed by atoms with Gasteiger partial charge >= 0.3 is 0 Å². The van der Waals surface area contributed by atoms with Crippen LogP contribution in [0.4, 0.5) is 11.4 Å². The highest BCUT2D eigenvalue weighted by Gasteiger charge is 2.17. The van der Waals surface area contributed by atoms with Crippen molar-refractivity contribution in [2.75, 3.05) is 5.32 Å². The number of carbonyl (C=O) groups is 1. The van der Waals surface area contributed by atoms with Gasteiger partial charge in [-0.15, -0.1) is 0 Å². The molecule has 1 heterocycles. The molecule has 0 atom stereocenters. The molecule has 1 N–H and O–H groups in total. The van der Waals surface area contributed by atoms with E-state index < -0.39 is 22.9 Å². The lowest BCUT2D eigenvalue weighted by Crippen LogP contribution is -2.27. The molecule has 0 saturated carbocycles. The highest BCUT2D eigenvalue weighted by Crippen LogP contribution is 2.40. The van der Waals surface area contributed by atoms with Crippen LogP contribution in [-0.2, 0) is 11.3 Å². The molecule has 126 valence electrons. The minimum atomic E-state index is -0.695. The number of rotatable bonds is 4. The molecular formula is C13H7Cl4N3O4. The smallest absolute Gasteiger partial charge is 0.285 e. The zero-order valence-corrected chi connectivity index (χ0v) is 14.6. The third-order valence-corrected chi connectivity index (χ3v) is 4.44. The van der Waals surface area contributed by atoms with Gasteiger partial charge in [-0.2, -0.15) is 0 Å². The van der Waals surface area contributed by atoms with Gasteiger partial charge in [0.25, 0.3) is 11.2 Å². The van der Waals surface area contributed by atoms with Crippen molar-refractivity contribution in [3.63, 3.8) is 0 Å². The molecule has 2 aromatic rings. The van der Waals surface area contributed by atoms with Gasteiger partial charge in [-0.1, -0.05) is 46.4 Å². The van der Waals surface area contributed by atoms with Crippen molar-refractivity contribution in [3.8, 4) is 0 Å². The molecule has 0 saturated heterocycles. The van der Waals surface area contributed by atoms with Crippen molar-refractivity contribution >= 4 is 63.7 Å². The summed E-state index contributed by atoms with van der Waals surface area (Å²) in [5, 5.41) is 13.2. The zero-order valence-electron chi connectivity index (χ0n) is 11.6. The van der Waals surface area contributed by atoms with Crippen LogP contribution in [0.25, 0.3) is 0 Å². The van der Waals surface area contributed by atoms with Crippen molar-refractivity contribution in [1.82, 2.24) is 4.57 Å². The first kappa shape index (κ1) is 18.5. The Morgan fingerprint density at radius 3 is 2.29 bits per heavy atom. The summed E-state index contributed by atoms with van der Waals surface area (Å²) in [6, 6.07) is 3.34. The summed E-state index contributed by atoms with van der Waals surface area (Å²) in [6.07, 6.45) is 0.954. The quantitative estimate of drug-likeness (QED) is 0.468. The van der Waals surface area contributed by atoms with Crippen LogP contribution in [-0.4, -0.2) is 15.4 Å². The number of carbonyl (C=O) groups excluding carboxylic acids is 1. The molecule has 7 nitrogen and oxygen atoms in total. The van der Waals surface area contributed by atoms with Crippen molar-refractivity contribution < 1.29 is 9.72 Å². The molecule has 0 aliphatic rings. The lowest BCUT2D eigenvalue weighted by molar-refractivity contribution is -0.385. The van der Waals surface area contributed by atoms with Gasteiger partial charge in [0.1, 0.15) is 6.54 Å². The highest BCUT2D eigenvalue weighted by molar-refractivity contribution is 6.50. The molecule has 0 spiro atoms. The summed E-state index contributed by atoms with van der Waals surface area (Å²) in [6.45, 7) is -0.489. The van der Waals surface area contributed by atoms with Gasteiger partial charge in [0.05, 0.1) is 36.9 Å². The highest BCUT2D eigenvalue weighted by atomic mass is 35.5. The van der Waals surface area contributed by atoms with Crippen LogP contribution in [0, 0.1) is 10.1 Å². The molecule has 0 aliphatic carbocycles. The summed E-state index contributed by atoms with van der Waals surface area (Å²) in [7, 11) is 0. The molecule has 11 heteroatoms. The van der Waals surface area contributed by atoms with E-state index in [-0.39, 0.29) is 31.5 Å². The maximum Gasteiger partial charge on any atom is 0.285 e. The van der Waals surface area contributed by atoms with Gasteiger partial charge < -0.3 is 5.32 Å². The summed E-state index contributed by atoms with van der Waals surface area (Å²) >= 11 is 23.7. The summed E-state index contributed by atoms with van der Waals surface area (Å²) in [5.74, 6) is -0.695. The van der Waals surface area contributed by atoms with Crippen LogP contribution < -0.4 is 10.9 Å². The van der Waals surface area contributed by atoms with Crippen molar-refractivity contribution in [1.29, 1.82) is 0 Å². The van der Waals surface area contributed by atoms with Gasteiger partial charge in [-0.05, 0) is 6.07 Å². The van der Waals surface area contributed by atoms with E-state index in [1.807, 2.05) is 0 Å². The molecule has 24 heavy (non-hydrogen) atoms. The SMILES string of the molecule is O=C(Cn1cc([N+](=O)[O-])ccc1=O)Nc1c(Cl)c(Cl)cc(Cl)c1Cl. The number of nitrogens with one attached hydrogen (secondary N) is 1. The summed E-state index contributed by atoms with van der Waals surface area (Å²) < 4.78 is 0.876. The zero-order chi connectivity index (χ0) is 18.0. The second-order valence-corrected chi connectivity index (χ2v) is 6.07. The predicted octanol–water partition coefficient (Wildman–Crippen LogP) is 4.01. The van der Waals surface area contributed by atoms with E-state index in [2.05, 4.69) is 5.32 Å². The average Bonchev–Trinajstić information content (AvgIpc) is 2.51. The number of aromatic nitrogens is 1. The van der Waals surface area contributed by atoms with E-state index >= 15 is 0 Å². The van der Waals surface area contributed by atoms with Crippen LogP contribution in [0.15, 0.2) is 29.2 Å². The van der Waals surface area contributed by atoms with Gasteiger partial charge in [-0.3, -0.25) is 24.3 Å². The molecule has 2 rings (SSSR count). The second-order valence-electron chi connectivity index (χ2n) is 4.50.